The highest BCUT2D eigenvalue weighted by Gasteiger charge is 2.25. The molecule has 4 nitrogen and oxygen atoms in total. The Labute approximate surface area is 138 Å². The van der Waals surface area contributed by atoms with E-state index in [9.17, 15) is 0 Å². The maximum atomic E-state index is 5.66. The molecule has 3 rings (SSSR count). The van der Waals surface area contributed by atoms with Gasteiger partial charge in [-0.15, -0.1) is 0 Å². The van der Waals surface area contributed by atoms with Gasteiger partial charge in [-0.1, -0.05) is 12.1 Å². The van der Waals surface area contributed by atoms with Gasteiger partial charge in [-0.3, -0.25) is 9.88 Å². The van der Waals surface area contributed by atoms with Gasteiger partial charge >= 0.3 is 0 Å². The number of nitrogens with one attached hydrogen (secondary N) is 1. The Kier molecular flexibility index (Phi) is 5.61. The summed E-state index contributed by atoms with van der Waals surface area (Å²) in [5.74, 6) is 1.06. The topological polar surface area (TPSA) is 41.3 Å². The largest absolute Gasteiger partial charge is 0.468 e. The number of furan rings is 1. The third-order valence-corrected chi connectivity index (χ3v) is 4.33. The Morgan fingerprint density at radius 1 is 1.26 bits per heavy atom. The van der Waals surface area contributed by atoms with Crippen molar-refractivity contribution < 1.29 is 4.42 Å². The lowest BCUT2D eigenvalue weighted by molar-refractivity contribution is 0.208. The first-order valence-electron chi connectivity index (χ1n) is 8.43. The zero-order chi connectivity index (χ0) is 15.9. The molecule has 1 saturated heterocycles. The van der Waals surface area contributed by atoms with Crippen LogP contribution in [-0.4, -0.2) is 35.6 Å². The van der Waals surface area contributed by atoms with Crippen LogP contribution in [0.5, 0.6) is 0 Å². The molecule has 0 saturated carbocycles. The van der Waals surface area contributed by atoms with Crippen LogP contribution in [0.1, 0.15) is 37.3 Å². The van der Waals surface area contributed by atoms with Crippen LogP contribution in [0.4, 0.5) is 0 Å². The Morgan fingerprint density at radius 3 is 2.83 bits per heavy atom. The summed E-state index contributed by atoms with van der Waals surface area (Å²) in [6.45, 7) is 5.38. The number of nitrogens with zero attached hydrogens (tertiary/aromatic N) is 2. The average molecular weight is 311 g/mol. The number of hydrogen-bond donors (Lipinski definition) is 1. The van der Waals surface area contributed by atoms with Crippen LogP contribution in [0, 0.1) is 0 Å². The van der Waals surface area contributed by atoms with Gasteiger partial charge in [0.1, 0.15) is 5.76 Å². The van der Waals surface area contributed by atoms with Gasteiger partial charge in [0.2, 0.25) is 0 Å². The van der Waals surface area contributed by atoms with Crippen molar-refractivity contribution in [2.45, 2.75) is 31.8 Å². The summed E-state index contributed by atoms with van der Waals surface area (Å²) >= 11 is 0. The van der Waals surface area contributed by atoms with E-state index in [0.717, 1.165) is 31.1 Å². The van der Waals surface area contributed by atoms with E-state index in [1.54, 1.807) is 6.26 Å². The standard InChI is InChI=1S/C19H25N3O/c1-16(9-10-17-7-2-3-11-20-17)21-15-18(19-8-6-14-23-19)22-12-4-5-13-22/h2-3,6-11,14,16,18,21H,4-5,12-13,15H2,1H3/b10-9+. The molecule has 0 amide bonds. The lowest BCUT2D eigenvalue weighted by Gasteiger charge is -2.27. The number of likely N-dealkylation sites (tertiary alicyclic amines) is 1. The molecule has 23 heavy (non-hydrogen) atoms. The molecule has 4 heteroatoms. The van der Waals surface area contributed by atoms with Crippen LogP contribution in [0.15, 0.2) is 53.3 Å². The minimum atomic E-state index is 0.289. The molecule has 1 N–H and O–H groups in total. The van der Waals surface area contributed by atoms with E-state index in [4.69, 9.17) is 4.42 Å². The van der Waals surface area contributed by atoms with Crippen molar-refractivity contribution in [1.82, 2.24) is 15.2 Å². The third-order valence-electron chi connectivity index (χ3n) is 4.33. The highest BCUT2D eigenvalue weighted by atomic mass is 16.3. The van der Waals surface area contributed by atoms with Crippen LogP contribution in [-0.2, 0) is 0 Å². The van der Waals surface area contributed by atoms with Gasteiger partial charge < -0.3 is 9.73 Å². The van der Waals surface area contributed by atoms with Gasteiger partial charge in [0.05, 0.1) is 18.0 Å². The molecule has 1 fully saturated rings. The van der Waals surface area contributed by atoms with Crippen LogP contribution in [0.25, 0.3) is 6.08 Å². The zero-order valence-electron chi connectivity index (χ0n) is 13.7. The predicted molar refractivity (Wildman–Crippen MR) is 93.0 cm³/mol. The molecular formula is C19H25N3O. The molecule has 0 aromatic carbocycles. The van der Waals surface area contributed by atoms with Crippen LogP contribution in [0.2, 0.25) is 0 Å². The van der Waals surface area contributed by atoms with Crippen molar-refractivity contribution in [2.75, 3.05) is 19.6 Å². The van der Waals surface area contributed by atoms with E-state index in [0.29, 0.717) is 6.04 Å². The minimum Gasteiger partial charge on any atom is -0.468 e. The lowest BCUT2D eigenvalue weighted by Crippen LogP contribution is -2.37. The van der Waals surface area contributed by atoms with Crippen molar-refractivity contribution in [3.8, 4) is 0 Å². The fourth-order valence-corrected chi connectivity index (χ4v) is 3.03. The Hall–Kier alpha value is -1.91. The van der Waals surface area contributed by atoms with Crippen molar-refractivity contribution in [3.63, 3.8) is 0 Å². The zero-order valence-corrected chi connectivity index (χ0v) is 13.7. The summed E-state index contributed by atoms with van der Waals surface area (Å²) in [4.78, 5) is 6.83. The van der Waals surface area contributed by atoms with Gasteiger partial charge in [-0.05, 0) is 63.2 Å². The maximum absolute atomic E-state index is 5.66. The molecule has 0 radical (unpaired) electrons. The molecule has 0 bridgehead atoms. The van der Waals surface area contributed by atoms with Gasteiger partial charge in [-0.25, -0.2) is 0 Å². The van der Waals surface area contributed by atoms with E-state index in [2.05, 4.69) is 40.3 Å². The SMILES string of the molecule is CC(/C=C/c1ccccn1)NCC(c1ccco1)N1CCCC1. The first-order chi connectivity index (χ1) is 11.3. The smallest absolute Gasteiger partial charge is 0.122 e. The second-order valence-electron chi connectivity index (χ2n) is 6.08. The average Bonchev–Trinajstić information content (AvgIpc) is 3.28. The van der Waals surface area contributed by atoms with Crippen molar-refractivity contribution in [2.24, 2.45) is 0 Å². The Morgan fingerprint density at radius 2 is 2.13 bits per heavy atom. The molecular weight excluding hydrogens is 286 g/mol. The van der Waals surface area contributed by atoms with Crippen molar-refractivity contribution in [3.05, 3.63) is 60.3 Å². The predicted octanol–water partition coefficient (Wildman–Crippen LogP) is 3.50. The second kappa shape index (κ2) is 8.09. The third kappa shape index (κ3) is 4.53. The summed E-state index contributed by atoms with van der Waals surface area (Å²) in [5, 5.41) is 3.60. The number of aromatic nitrogens is 1. The molecule has 3 heterocycles. The number of pyridine rings is 1. The van der Waals surface area contributed by atoms with E-state index in [1.807, 2.05) is 30.5 Å². The highest BCUT2D eigenvalue weighted by Crippen LogP contribution is 2.25. The van der Waals surface area contributed by atoms with E-state index >= 15 is 0 Å². The quantitative estimate of drug-likeness (QED) is 0.849. The fraction of sp³-hybridized carbons (Fsp3) is 0.421. The summed E-state index contributed by atoms with van der Waals surface area (Å²) in [5.41, 5.74) is 0.989. The molecule has 2 unspecified atom stereocenters. The molecule has 2 atom stereocenters. The monoisotopic (exact) mass is 311 g/mol. The lowest BCUT2D eigenvalue weighted by atomic mass is 10.1. The second-order valence-corrected chi connectivity index (χ2v) is 6.08. The molecule has 0 spiro atoms. The normalized spacial score (nSPS) is 18.5. The van der Waals surface area contributed by atoms with E-state index in [1.165, 1.54) is 12.8 Å². The Balaban J connectivity index is 1.56. The van der Waals surface area contributed by atoms with Crippen LogP contribution < -0.4 is 5.32 Å². The maximum Gasteiger partial charge on any atom is 0.122 e. The first-order valence-corrected chi connectivity index (χ1v) is 8.43. The van der Waals surface area contributed by atoms with Gasteiger partial charge in [-0.2, -0.15) is 0 Å². The van der Waals surface area contributed by atoms with Gasteiger partial charge in [0.15, 0.2) is 0 Å². The summed E-state index contributed by atoms with van der Waals surface area (Å²) in [6, 6.07) is 10.6. The summed E-state index contributed by atoms with van der Waals surface area (Å²) in [7, 11) is 0. The highest BCUT2D eigenvalue weighted by molar-refractivity contribution is 5.44. The fourth-order valence-electron chi connectivity index (χ4n) is 3.03. The number of rotatable bonds is 7. The van der Waals surface area contributed by atoms with Crippen molar-refractivity contribution in [1.29, 1.82) is 0 Å². The van der Waals surface area contributed by atoms with Crippen molar-refractivity contribution >= 4 is 6.08 Å². The molecule has 2 aromatic heterocycles. The molecule has 1 aliphatic rings. The molecule has 1 aliphatic heterocycles. The van der Waals surface area contributed by atoms with Gasteiger partial charge in [0.25, 0.3) is 0 Å². The molecule has 122 valence electrons. The summed E-state index contributed by atoms with van der Waals surface area (Å²) in [6.07, 6.45) is 10.4. The van der Waals surface area contributed by atoms with E-state index < -0.39 is 0 Å². The minimum absolute atomic E-state index is 0.289. The Bertz CT molecular complexity index is 588. The van der Waals surface area contributed by atoms with E-state index in [-0.39, 0.29) is 6.04 Å². The summed E-state index contributed by atoms with van der Waals surface area (Å²) < 4.78 is 5.66. The van der Waals surface area contributed by atoms with Crippen LogP contribution >= 0.6 is 0 Å². The van der Waals surface area contributed by atoms with Gasteiger partial charge in [0, 0.05) is 18.8 Å². The van der Waals surface area contributed by atoms with Crippen LogP contribution in [0.3, 0.4) is 0 Å². The first kappa shape index (κ1) is 16.0. The molecule has 2 aromatic rings. The number of hydrogen-bond acceptors (Lipinski definition) is 4. The molecule has 0 aliphatic carbocycles.